The molecular formula is C27H25FN6O. The van der Waals surface area contributed by atoms with Crippen molar-refractivity contribution in [1.82, 2.24) is 10.2 Å². The second kappa shape index (κ2) is 10.1. The van der Waals surface area contributed by atoms with Gasteiger partial charge in [0.2, 0.25) is 0 Å². The molecule has 1 aromatic rings. The number of carbonyl (C=O) groups is 1. The van der Waals surface area contributed by atoms with E-state index in [1.165, 1.54) is 12.3 Å². The molecule has 4 rings (SSSR count). The number of anilines is 1. The molecule has 176 valence electrons. The number of benzene rings is 1. The molecule has 8 heteroatoms. The van der Waals surface area contributed by atoms with E-state index in [0.29, 0.717) is 37.3 Å². The zero-order valence-electron chi connectivity index (χ0n) is 19.1. The maximum atomic E-state index is 13.9. The van der Waals surface area contributed by atoms with E-state index in [1.807, 2.05) is 30.3 Å². The molecule has 1 aliphatic carbocycles. The van der Waals surface area contributed by atoms with E-state index in [-0.39, 0.29) is 23.4 Å². The van der Waals surface area contributed by atoms with Crippen LogP contribution in [0.4, 0.5) is 10.1 Å². The van der Waals surface area contributed by atoms with Gasteiger partial charge in [0.15, 0.2) is 0 Å². The molecule has 0 saturated carbocycles. The first kappa shape index (κ1) is 23.6. The monoisotopic (exact) mass is 468 g/mol. The van der Waals surface area contributed by atoms with Crippen molar-refractivity contribution in [2.45, 2.75) is 18.4 Å². The van der Waals surface area contributed by atoms with Gasteiger partial charge in [0.05, 0.1) is 11.6 Å². The van der Waals surface area contributed by atoms with E-state index in [2.05, 4.69) is 17.2 Å². The Morgan fingerprint density at radius 2 is 2.09 bits per heavy atom. The summed E-state index contributed by atoms with van der Waals surface area (Å²) in [4.78, 5) is 14.5. The van der Waals surface area contributed by atoms with Crippen molar-refractivity contribution < 1.29 is 9.18 Å². The summed E-state index contributed by atoms with van der Waals surface area (Å²) in [6.45, 7) is 5.17. The van der Waals surface area contributed by atoms with Gasteiger partial charge in [-0.2, -0.15) is 10.5 Å². The zero-order valence-corrected chi connectivity index (χ0v) is 19.1. The number of nitrogens with two attached hydrogens (primary N) is 1. The van der Waals surface area contributed by atoms with Crippen LogP contribution in [-0.4, -0.2) is 36.5 Å². The molecule has 1 unspecified atom stereocenters. The minimum Gasteiger partial charge on any atom is -0.404 e. The molecule has 7 nitrogen and oxygen atoms in total. The SMILES string of the molecule is C=C/C=c1/cc(C2C=C(C#N)C(F)=CC2)cc(NC2CN(C(=O)C3=CC=C(C#N)NC3)C2)/c1=C/N. The van der Waals surface area contributed by atoms with E-state index in [9.17, 15) is 14.4 Å². The van der Waals surface area contributed by atoms with E-state index < -0.39 is 5.83 Å². The number of dihydropyridines is 1. The Bertz CT molecular complexity index is 1400. The lowest BCUT2D eigenvalue weighted by Gasteiger charge is -2.41. The topological polar surface area (TPSA) is 118 Å². The predicted octanol–water partition coefficient (Wildman–Crippen LogP) is 1.70. The Morgan fingerprint density at radius 1 is 1.29 bits per heavy atom. The van der Waals surface area contributed by atoms with Crippen LogP contribution in [0.1, 0.15) is 17.9 Å². The average molecular weight is 469 g/mol. The van der Waals surface area contributed by atoms with Gasteiger partial charge in [0, 0.05) is 48.2 Å². The molecule has 3 aliphatic rings. The Kier molecular flexibility index (Phi) is 6.84. The third-order valence-electron chi connectivity index (χ3n) is 6.27. The van der Waals surface area contributed by atoms with Crippen LogP contribution < -0.4 is 26.8 Å². The van der Waals surface area contributed by atoms with Crippen LogP contribution in [0, 0.1) is 22.7 Å². The van der Waals surface area contributed by atoms with Crippen molar-refractivity contribution >= 4 is 23.9 Å². The maximum Gasteiger partial charge on any atom is 0.251 e. The molecule has 1 amide bonds. The normalized spacial score (nSPS) is 20.8. The smallest absolute Gasteiger partial charge is 0.251 e. The Balaban J connectivity index is 1.55. The minimum absolute atomic E-state index is 0.0285. The Hall–Kier alpha value is -4.56. The zero-order chi connectivity index (χ0) is 24.9. The number of carbonyl (C=O) groups excluding carboxylic acids is 1. The van der Waals surface area contributed by atoms with Crippen molar-refractivity contribution in [3.8, 4) is 12.1 Å². The number of allylic oxidation sites excluding steroid dienone is 8. The second-order valence-electron chi connectivity index (χ2n) is 8.52. The van der Waals surface area contributed by atoms with Gasteiger partial charge in [0.25, 0.3) is 5.91 Å². The molecule has 1 aromatic carbocycles. The lowest BCUT2D eigenvalue weighted by Crippen LogP contribution is -2.58. The van der Waals surface area contributed by atoms with E-state index in [4.69, 9.17) is 11.0 Å². The minimum atomic E-state index is -0.492. The molecule has 1 saturated heterocycles. The van der Waals surface area contributed by atoms with Gasteiger partial charge in [-0.25, -0.2) is 4.39 Å². The van der Waals surface area contributed by atoms with Gasteiger partial charge in [-0.3, -0.25) is 4.79 Å². The largest absolute Gasteiger partial charge is 0.404 e. The summed E-state index contributed by atoms with van der Waals surface area (Å²) in [5, 5.41) is 26.2. The summed E-state index contributed by atoms with van der Waals surface area (Å²) in [5.41, 5.74) is 8.78. The van der Waals surface area contributed by atoms with Gasteiger partial charge in [-0.15, -0.1) is 0 Å². The molecule has 2 heterocycles. The first-order valence-electron chi connectivity index (χ1n) is 11.2. The number of likely N-dealkylation sites (tertiary alicyclic amines) is 1. The van der Waals surface area contributed by atoms with Crippen molar-refractivity contribution in [2.75, 3.05) is 25.0 Å². The molecule has 2 aliphatic heterocycles. The first-order valence-corrected chi connectivity index (χ1v) is 11.2. The van der Waals surface area contributed by atoms with Crippen LogP contribution >= 0.6 is 0 Å². The van der Waals surface area contributed by atoms with Crippen LogP contribution in [-0.2, 0) is 4.79 Å². The van der Waals surface area contributed by atoms with Crippen molar-refractivity contribution in [1.29, 1.82) is 10.5 Å². The molecule has 0 aromatic heterocycles. The highest BCUT2D eigenvalue weighted by molar-refractivity contribution is 5.95. The van der Waals surface area contributed by atoms with E-state index in [1.54, 1.807) is 29.2 Å². The predicted molar refractivity (Wildman–Crippen MR) is 133 cm³/mol. The molecule has 0 bridgehead atoms. The number of amides is 1. The molecule has 1 fully saturated rings. The van der Waals surface area contributed by atoms with Crippen LogP contribution in [0.2, 0.25) is 0 Å². The number of nitriles is 2. The lowest BCUT2D eigenvalue weighted by molar-refractivity contribution is -0.131. The number of nitrogens with zero attached hydrogens (tertiary/aromatic N) is 3. The molecular weight excluding hydrogens is 443 g/mol. The second-order valence-corrected chi connectivity index (χ2v) is 8.52. The van der Waals surface area contributed by atoms with E-state index in [0.717, 1.165) is 21.7 Å². The number of hydrogen-bond donors (Lipinski definition) is 3. The molecule has 1 atom stereocenters. The summed E-state index contributed by atoms with van der Waals surface area (Å²) in [6.07, 6.45) is 11.9. The van der Waals surface area contributed by atoms with Crippen molar-refractivity contribution in [3.05, 3.63) is 87.8 Å². The fourth-order valence-corrected chi connectivity index (χ4v) is 4.37. The van der Waals surface area contributed by atoms with Gasteiger partial charge < -0.3 is 21.3 Å². The van der Waals surface area contributed by atoms with Crippen molar-refractivity contribution in [3.63, 3.8) is 0 Å². The average Bonchev–Trinajstić information content (AvgIpc) is 2.86. The molecule has 0 spiro atoms. The van der Waals surface area contributed by atoms with Crippen LogP contribution in [0.5, 0.6) is 0 Å². The molecule has 4 N–H and O–H groups in total. The van der Waals surface area contributed by atoms with Gasteiger partial charge >= 0.3 is 0 Å². The third-order valence-corrected chi connectivity index (χ3v) is 6.27. The fourth-order valence-electron chi connectivity index (χ4n) is 4.37. The number of halogens is 1. The maximum absolute atomic E-state index is 13.9. The standard InChI is InChI=1S/C27H25FN6O/c1-2-3-18-9-20(17-5-7-25(28)21(8-17)11-29)10-26(24(18)13-31)33-23-15-34(16-23)27(35)19-4-6-22(12-30)32-14-19/h2-4,6-10,13,17,23,32-33H,1,5,14-16,31H2/b18-3-,24-13+. The highest BCUT2D eigenvalue weighted by atomic mass is 19.1. The Labute approximate surface area is 203 Å². The number of nitrogens with one attached hydrogen (secondary N) is 2. The lowest BCUT2D eigenvalue weighted by atomic mass is 9.88. The van der Waals surface area contributed by atoms with Crippen molar-refractivity contribution in [2.24, 2.45) is 5.73 Å². The van der Waals surface area contributed by atoms with E-state index >= 15 is 0 Å². The highest BCUT2D eigenvalue weighted by Crippen LogP contribution is 2.31. The summed E-state index contributed by atoms with van der Waals surface area (Å²) < 4.78 is 13.9. The van der Waals surface area contributed by atoms with Gasteiger partial charge in [-0.05, 0) is 41.5 Å². The summed E-state index contributed by atoms with van der Waals surface area (Å²) in [6, 6.07) is 7.91. The fraction of sp³-hybridized carbons (Fsp3) is 0.222. The summed E-state index contributed by atoms with van der Waals surface area (Å²) in [7, 11) is 0. The molecule has 0 radical (unpaired) electrons. The quantitative estimate of drug-likeness (QED) is 0.606. The highest BCUT2D eigenvalue weighted by Gasteiger charge is 2.32. The van der Waals surface area contributed by atoms with Gasteiger partial charge in [-0.1, -0.05) is 30.9 Å². The Morgan fingerprint density at radius 3 is 2.71 bits per heavy atom. The van der Waals surface area contributed by atoms with Crippen LogP contribution in [0.3, 0.4) is 0 Å². The summed E-state index contributed by atoms with van der Waals surface area (Å²) in [5.74, 6) is -0.701. The first-order chi connectivity index (χ1) is 17.0. The van der Waals surface area contributed by atoms with Crippen LogP contribution in [0.25, 0.3) is 12.3 Å². The van der Waals surface area contributed by atoms with Crippen LogP contribution in [0.15, 0.2) is 71.8 Å². The molecule has 35 heavy (non-hydrogen) atoms. The third kappa shape index (κ3) is 4.87. The van der Waals surface area contributed by atoms with Gasteiger partial charge in [0.1, 0.15) is 23.7 Å². The number of rotatable bonds is 5. The number of hydrogen-bond acceptors (Lipinski definition) is 6. The summed E-state index contributed by atoms with van der Waals surface area (Å²) >= 11 is 0.